The summed E-state index contributed by atoms with van der Waals surface area (Å²) in [5, 5.41) is 8.11. The quantitative estimate of drug-likeness (QED) is 0.942. The molecule has 0 fully saturated rings. The molecule has 1 atom stereocenters. The van der Waals surface area contributed by atoms with Crippen LogP contribution in [0.15, 0.2) is 12.1 Å². The number of nitrogens with zero attached hydrogens (tertiary/aromatic N) is 2. The Bertz CT molecular complexity index is 722. The van der Waals surface area contributed by atoms with E-state index in [0.717, 1.165) is 42.5 Å². The van der Waals surface area contributed by atoms with Gasteiger partial charge in [0.2, 0.25) is 5.88 Å². The van der Waals surface area contributed by atoms with Crippen molar-refractivity contribution in [1.29, 1.82) is 0 Å². The fraction of sp³-hybridized carbons (Fsp3) is 0.500. The highest BCUT2D eigenvalue weighted by Gasteiger charge is 2.24. The molecule has 1 aromatic carbocycles. The van der Waals surface area contributed by atoms with Gasteiger partial charge in [-0.1, -0.05) is 17.7 Å². The van der Waals surface area contributed by atoms with E-state index in [4.69, 9.17) is 9.47 Å². The molecular formula is C18H25N3O2. The summed E-state index contributed by atoms with van der Waals surface area (Å²) in [6, 6.07) is 4.70. The zero-order chi connectivity index (χ0) is 16.6. The van der Waals surface area contributed by atoms with E-state index in [1.807, 2.05) is 14.0 Å². The molecule has 0 aliphatic carbocycles. The van der Waals surface area contributed by atoms with Crippen LogP contribution in [0.4, 0.5) is 0 Å². The second-order valence-electron chi connectivity index (χ2n) is 6.27. The van der Waals surface area contributed by atoms with Gasteiger partial charge in [-0.2, -0.15) is 5.10 Å². The molecule has 1 aliphatic heterocycles. The van der Waals surface area contributed by atoms with Crippen molar-refractivity contribution >= 4 is 0 Å². The monoisotopic (exact) mass is 315 g/mol. The van der Waals surface area contributed by atoms with Crippen LogP contribution in [0.1, 0.15) is 40.4 Å². The average Bonchev–Trinajstić information content (AvgIpc) is 2.78. The van der Waals surface area contributed by atoms with Gasteiger partial charge in [-0.25, -0.2) is 4.68 Å². The summed E-state index contributed by atoms with van der Waals surface area (Å²) in [7, 11) is 3.60. The van der Waals surface area contributed by atoms with E-state index in [0.29, 0.717) is 6.04 Å². The van der Waals surface area contributed by atoms with Crippen LogP contribution < -0.4 is 14.8 Å². The topological polar surface area (TPSA) is 48.3 Å². The highest BCUT2D eigenvalue weighted by molar-refractivity contribution is 5.46. The molecule has 23 heavy (non-hydrogen) atoms. The lowest BCUT2D eigenvalue weighted by atomic mass is 9.95. The predicted molar refractivity (Wildman–Crippen MR) is 90.1 cm³/mol. The number of fused-ring (bicyclic) bond motifs is 1. The van der Waals surface area contributed by atoms with E-state index in [2.05, 4.69) is 36.4 Å². The predicted octanol–water partition coefficient (Wildman–Crippen LogP) is 2.97. The largest absolute Gasteiger partial charge is 0.493 e. The molecule has 0 saturated carbocycles. The van der Waals surface area contributed by atoms with Gasteiger partial charge in [-0.05, 0) is 26.3 Å². The Morgan fingerprint density at radius 1 is 1.35 bits per heavy atom. The number of rotatable bonds is 4. The van der Waals surface area contributed by atoms with Crippen LogP contribution in [0.5, 0.6) is 11.6 Å². The lowest BCUT2D eigenvalue weighted by Crippen LogP contribution is -2.27. The number of nitrogens with one attached hydrogen (secondary N) is 1. The van der Waals surface area contributed by atoms with Crippen molar-refractivity contribution in [2.75, 3.05) is 13.7 Å². The van der Waals surface area contributed by atoms with Crippen molar-refractivity contribution in [2.24, 2.45) is 7.05 Å². The normalized spacial score (nSPS) is 16.8. The summed E-state index contributed by atoms with van der Waals surface area (Å²) in [5.74, 6) is 1.86. The van der Waals surface area contributed by atoms with Crippen LogP contribution in [-0.2, 0) is 13.6 Å². The molecule has 0 radical (unpaired) electrons. The molecule has 1 unspecified atom stereocenters. The van der Waals surface area contributed by atoms with Gasteiger partial charge in [0.05, 0.1) is 25.0 Å². The van der Waals surface area contributed by atoms with Gasteiger partial charge in [0.15, 0.2) is 0 Å². The van der Waals surface area contributed by atoms with E-state index in [1.165, 1.54) is 16.7 Å². The minimum absolute atomic E-state index is 0.293. The third-order valence-corrected chi connectivity index (χ3v) is 4.48. The highest BCUT2D eigenvalue weighted by Crippen LogP contribution is 2.36. The third kappa shape index (κ3) is 2.93. The van der Waals surface area contributed by atoms with Gasteiger partial charge < -0.3 is 14.8 Å². The van der Waals surface area contributed by atoms with Crippen molar-refractivity contribution in [3.63, 3.8) is 0 Å². The summed E-state index contributed by atoms with van der Waals surface area (Å²) in [6.45, 7) is 7.75. The Morgan fingerprint density at radius 2 is 2.13 bits per heavy atom. The van der Waals surface area contributed by atoms with Crippen LogP contribution in [0.3, 0.4) is 0 Å². The van der Waals surface area contributed by atoms with Crippen LogP contribution in [0.2, 0.25) is 0 Å². The SMILES string of the molecule is COc1c(CNC2CCOc3c(C)cc(C)cc32)c(C)nn1C. The summed E-state index contributed by atoms with van der Waals surface area (Å²) in [4.78, 5) is 0. The first-order chi connectivity index (χ1) is 11.0. The maximum absolute atomic E-state index is 5.88. The molecule has 2 heterocycles. The van der Waals surface area contributed by atoms with Crippen molar-refractivity contribution < 1.29 is 9.47 Å². The number of benzene rings is 1. The molecule has 1 aliphatic rings. The molecule has 0 spiro atoms. The standard InChI is InChI=1S/C18H25N3O2/c1-11-8-12(2)17-14(9-11)16(6-7-23-17)19-10-15-13(3)20-21(4)18(15)22-5/h8-9,16,19H,6-7,10H2,1-5H3. The van der Waals surface area contributed by atoms with Crippen LogP contribution >= 0.6 is 0 Å². The molecule has 2 aromatic rings. The van der Waals surface area contributed by atoms with E-state index < -0.39 is 0 Å². The zero-order valence-electron chi connectivity index (χ0n) is 14.6. The van der Waals surface area contributed by atoms with Gasteiger partial charge in [0, 0.05) is 31.6 Å². The summed E-state index contributed by atoms with van der Waals surface area (Å²) in [5.41, 5.74) is 5.86. The van der Waals surface area contributed by atoms with Crippen molar-refractivity contribution in [3.05, 3.63) is 40.1 Å². The minimum Gasteiger partial charge on any atom is -0.493 e. The maximum atomic E-state index is 5.88. The molecule has 5 heteroatoms. The lowest BCUT2D eigenvalue weighted by molar-refractivity contribution is 0.250. The van der Waals surface area contributed by atoms with Crippen LogP contribution in [0, 0.1) is 20.8 Å². The molecule has 0 saturated heterocycles. The zero-order valence-corrected chi connectivity index (χ0v) is 14.6. The first-order valence-electron chi connectivity index (χ1n) is 8.05. The van der Waals surface area contributed by atoms with Crippen LogP contribution in [-0.4, -0.2) is 23.5 Å². The summed E-state index contributed by atoms with van der Waals surface area (Å²) >= 11 is 0. The average molecular weight is 315 g/mol. The van der Waals surface area contributed by atoms with Crippen molar-refractivity contribution in [1.82, 2.24) is 15.1 Å². The smallest absolute Gasteiger partial charge is 0.216 e. The fourth-order valence-electron chi connectivity index (χ4n) is 3.45. The second kappa shape index (κ2) is 6.24. The number of hydrogen-bond acceptors (Lipinski definition) is 4. The van der Waals surface area contributed by atoms with Crippen LogP contribution in [0.25, 0.3) is 0 Å². The molecule has 1 N–H and O–H groups in total. The number of methoxy groups -OCH3 is 1. The van der Waals surface area contributed by atoms with E-state index in [1.54, 1.807) is 11.8 Å². The molecule has 3 rings (SSSR count). The summed E-state index contributed by atoms with van der Waals surface area (Å²) in [6.07, 6.45) is 0.970. The highest BCUT2D eigenvalue weighted by atomic mass is 16.5. The second-order valence-corrected chi connectivity index (χ2v) is 6.27. The molecule has 0 bridgehead atoms. The number of hydrogen-bond donors (Lipinski definition) is 1. The van der Waals surface area contributed by atoms with E-state index >= 15 is 0 Å². The van der Waals surface area contributed by atoms with Gasteiger partial charge in [0.1, 0.15) is 5.75 Å². The van der Waals surface area contributed by atoms with Crippen molar-refractivity contribution in [2.45, 2.75) is 39.8 Å². The van der Waals surface area contributed by atoms with E-state index in [9.17, 15) is 0 Å². The molecule has 5 nitrogen and oxygen atoms in total. The fourth-order valence-corrected chi connectivity index (χ4v) is 3.45. The molecular weight excluding hydrogens is 290 g/mol. The van der Waals surface area contributed by atoms with Crippen molar-refractivity contribution in [3.8, 4) is 11.6 Å². The number of ether oxygens (including phenoxy) is 2. The first kappa shape index (κ1) is 15.9. The molecule has 0 amide bonds. The Morgan fingerprint density at radius 3 is 2.87 bits per heavy atom. The third-order valence-electron chi connectivity index (χ3n) is 4.48. The Labute approximate surface area is 137 Å². The van der Waals surface area contributed by atoms with Gasteiger partial charge >= 0.3 is 0 Å². The minimum atomic E-state index is 0.293. The van der Waals surface area contributed by atoms with Gasteiger partial charge in [-0.15, -0.1) is 0 Å². The number of aryl methyl sites for hydroxylation is 4. The Balaban J connectivity index is 1.84. The lowest BCUT2D eigenvalue weighted by Gasteiger charge is -2.28. The Hall–Kier alpha value is -2.01. The van der Waals surface area contributed by atoms with Gasteiger partial charge in [0.25, 0.3) is 0 Å². The summed E-state index contributed by atoms with van der Waals surface area (Å²) < 4.78 is 13.2. The molecule has 124 valence electrons. The first-order valence-corrected chi connectivity index (χ1v) is 8.05. The Kier molecular flexibility index (Phi) is 4.31. The van der Waals surface area contributed by atoms with E-state index in [-0.39, 0.29) is 0 Å². The molecule has 1 aromatic heterocycles. The van der Waals surface area contributed by atoms with Gasteiger partial charge in [-0.3, -0.25) is 0 Å². The maximum Gasteiger partial charge on any atom is 0.216 e. The number of aromatic nitrogens is 2.